The number of nitriles is 1. The number of nitrogens with one attached hydrogen (secondary N) is 1. The molecule has 0 radical (unpaired) electrons. The maximum absolute atomic E-state index is 15.0. The van der Waals surface area contributed by atoms with E-state index < -0.39 is 46.1 Å². The van der Waals surface area contributed by atoms with Crippen molar-refractivity contribution in [3.8, 4) is 6.07 Å². The molecule has 4 rings (SSSR count). The van der Waals surface area contributed by atoms with Crippen molar-refractivity contribution in [1.29, 1.82) is 5.26 Å². The first kappa shape index (κ1) is 26.7. The van der Waals surface area contributed by atoms with E-state index in [0.717, 1.165) is 23.6 Å². The number of rotatable bonds is 6. The number of hydrogen-bond donors (Lipinski definition) is 2. The Morgan fingerprint density at radius 2 is 2.00 bits per heavy atom. The Balaban J connectivity index is 1.68. The topological polar surface area (TPSA) is 89.3 Å². The lowest BCUT2D eigenvalue weighted by Crippen LogP contribution is -2.55. The standard InChI is InChI=1S/C25H25F4N5O2S/c1-14(2)6-9-31-21(35)17-5-4-15(11-19(17)26)34-23(37)33(22(36)24(34)7-3-8-24)16-10-18(25(27,28)29)20(12-30)32-13-16/h4-5,10-11,13-14,23,37H,3,6-9H2,1-2H3,(H,31,35). The molecule has 1 aromatic heterocycles. The second-order valence-corrected chi connectivity index (χ2v) is 10.0. The van der Waals surface area contributed by atoms with Gasteiger partial charge in [0.05, 0.1) is 23.0 Å². The van der Waals surface area contributed by atoms with Crippen molar-refractivity contribution in [2.45, 2.75) is 56.7 Å². The van der Waals surface area contributed by atoms with Gasteiger partial charge in [-0.2, -0.15) is 18.4 Å². The zero-order valence-corrected chi connectivity index (χ0v) is 21.0. The quantitative estimate of drug-likeness (QED) is 0.407. The Bertz CT molecular complexity index is 1270. The minimum absolute atomic E-state index is 0.153. The zero-order valence-electron chi connectivity index (χ0n) is 20.1. The predicted octanol–water partition coefficient (Wildman–Crippen LogP) is 4.88. The van der Waals surface area contributed by atoms with Crippen LogP contribution in [0.1, 0.15) is 61.1 Å². The number of halogens is 4. The average Bonchev–Trinajstić information content (AvgIpc) is 3.04. The van der Waals surface area contributed by atoms with Gasteiger partial charge in [0.25, 0.3) is 11.8 Å². The summed E-state index contributed by atoms with van der Waals surface area (Å²) in [6.45, 7) is 4.40. The molecule has 1 saturated heterocycles. The third-order valence-electron chi connectivity index (χ3n) is 6.77. The first-order valence-electron chi connectivity index (χ1n) is 11.8. The van der Waals surface area contributed by atoms with Gasteiger partial charge in [-0.25, -0.2) is 9.37 Å². The lowest BCUT2D eigenvalue weighted by molar-refractivity contribution is -0.138. The highest BCUT2D eigenvalue weighted by molar-refractivity contribution is 7.81. The van der Waals surface area contributed by atoms with E-state index >= 15 is 4.39 Å². The normalized spacial score (nSPS) is 18.8. The Morgan fingerprint density at radius 3 is 2.54 bits per heavy atom. The summed E-state index contributed by atoms with van der Waals surface area (Å²) in [6, 6.07) is 6.07. The van der Waals surface area contributed by atoms with Crippen LogP contribution in [-0.4, -0.2) is 34.4 Å². The third kappa shape index (κ3) is 4.72. The highest BCUT2D eigenvalue weighted by Crippen LogP contribution is 2.50. The van der Waals surface area contributed by atoms with Crippen LogP contribution in [0.15, 0.2) is 30.5 Å². The fourth-order valence-corrected chi connectivity index (χ4v) is 5.26. The lowest BCUT2D eigenvalue weighted by atomic mass is 9.75. The van der Waals surface area contributed by atoms with Crippen LogP contribution in [0, 0.1) is 23.1 Å². The molecule has 1 unspecified atom stereocenters. The van der Waals surface area contributed by atoms with Gasteiger partial charge in [-0.05, 0) is 55.9 Å². The Labute approximate surface area is 216 Å². The van der Waals surface area contributed by atoms with Gasteiger partial charge in [-0.15, -0.1) is 12.6 Å². The van der Waals surface area contributed by atoms with Crippen molar-refractivity contribution >= 4 is 35.8 Å². The molecule has 196 valence electrons. The van der Waals surface area contributed by atoms with Crippen LogP contribution in [0.4, 0.5) is 28.9 Å². The number of anilines is 2. The molecule has 2 fully saturated rings. The van der Waals surface area contributed by atoms with Crippen LogP contribution in [0.25, 0.3) is 0 Å². The van der Waals surface area contributed by atoms with E-state index in [4.69, 9.17) is 5.26 Å². The molecular weight excluding hydrogens is 510 g/mol. The Hall–Kier alpha value is -3.33. The van der Waals surface area contributed by atoms with Crippen molar-refractivity contribution < 1.29 is 27.2 Å². The van der Waals surface area contributed by atoms with Crippen molar-refractivity contribution in [1.82, 2.24) is 10.3 Å². The first-order chi connectivity index (χ1) is 17.4. The number of benzene rings is 1. The zero-order chi connectivity index (χ0) is 27.1. The summed E-state index contributed by atoms with van der Waals surface area (Å²) in [6.07, 6.45) is -1.61. The monoisotopic (exact) mass is 535 g/mol. The highest BCUT2D eigenvalue weighted by Gasteiger charge is 2.60. The summed E-state index contributed by atoms with van der Waals surface area (Å²) >= 11 is 4.54. The van der Waals surface area contributed by atoms with Crippen LogP contribution in [-0.2, 0) is 11.0 Å². The van der Waals surface area contributed by atoms with Crippen LogP contribution in [0.5, 0.6) is 0 Å². The minimum Gasteiger partial charge on any atom is -0.352 e. The molecule has 0 bridgehead atoms. The molecule has 2 heterocycles. The molecule has 1 aliphatic heterocycles. The van der Waals surface area contributed by atoms with Gasteiger partial charge in [0.2, 0.25) is 0 Å². The molecule has 1 aliphatic carbocycles. The first-order valence-corrected chi connectivity index (χ1v) is 12.3. The van der Waals surface area contributed by atoms with Crippen molar-refractivity contribution in [3.05, 3.63) is 53.1 Å². The maximum atomic E-state index is 15.0. The number of aromatic nitrogens is 1. The SMILES string of the molecule is CC(C)CCNC(=O)c1ccc(N2C(S)N(c3cnc(C#N)c(C(F)(F)F)c3)C(=O)C23CCC3)cc1F. The molecule has 12 heteroatoms. The molecule has 37 heavy (non-hydrogen) atoms. The fraction of sp³-hybridized carbons (Fsp3) is 0.440. The number of carbonyl (C=O) groups excluding carboxylic acids is 2. The summed E-state index contributed by atoms with van der Waals surface area (Å²) in [7, 11) is 0. The van der Waals surface area contributed by atoms with Gasteiger partial charge in [0.1, 0.15) is 17.4 Å². The Kier molecular flexibility index (Phi) is 7.12. The van der Waals surface area contributed by atoms with Gasteiger partial charge < -0.3 is 10.2 Å². The van der Waals surface area contributed by atoms with E-state index in [1.165, 1.54) is 18.2 Å². The summed E-state index contributed by atoms with van der Waals surface area (Å²) < 4.78 is 55.6. The number of nitrogens with zero attached hydrogens (tertiary/aromatic N) is 4. The van der Waals surface area contributed by atoms with E-state index in [-0.39, 0.29) is 16.9 Å². The van der Waals surface area contributed by atoms with Crippen LogP contribution < -0.4 is 15.1 Å². The second-order valence-electron chi connectivity index (χ2n) is 9.58. The molecule has 2 aliphatic rings. The molecule has 2 amide bonds. The summed E-state index contributed by atoms with van der Waals surface area (Å²) in [4.78, 5) is 32.2. The van der Waals surface area contributed by atoms with Crippen molar-refractivity contribution in [2.24, 2.45) is 5.92 Å². The minimum atomic E-state index is -4.86. The van der Waals surface area contributed by atoms with Gasteiger partial charge in [0, 0.05) is 12.2 Å². The summed E-state index contributed by atoms with van der Waals surface area (Å²) in [5.74, 6) is -1.48. The molecule has 2 aromatic rings. The van der Waals surface area contributed by atoms with Crippen molar-refractivity contribution in [3.63, 3.8) is 0 Å². The number of amides is 2. The average molecular weight is 536 g/mol. The predicted molar refractivity (Wildman–Crippen MR) is 131 cm³/mol. The van der Waals surface area contributed by atoms with Gasteiger partial charge in [-0.1, -0.05) is 13.8 Å². The van der Waals surface area contributed by atoms with Crippen LogP contribution >= 0.6 is 12.6 Å². The fourth-order valence-electron chi connectivity index (χ4n) is 4.66. The van der Waals surface area contributed by atoms with Gasteiger partial charge >= 0.3 is 6.18 Å². The summed E-state index contributed by atoms with van der Waals surface area (Å²) in [5.41, 5.74) is -4.32. The molecule has 1 spiro atoms. The number of pyridine rings is 1. The molecule has 1 atom stereocenters. The second kappa shape index (κ2) is 9.85. The molecule has 1 saturated carbocycles. The van der Waals surface area contributed by atoms with Crippen LogP contribution in [0.2, 0.25) is 0 Å². The van der Waals surface area contributed by atoms with E-state index in [9.17, 15) is 22.8 Å². The number of carbonyl (C=O) groups is 2. The van der Waals surface area contributed by atoms with E-state index in [1.807, 2.05) is 13.8 Å². The number of thiol groups is 1. The largest absolute Gasteiger partial charge is 0.419 e. The van der Waals surface area contributed by atoms with Crippen molar-refractivity contribution in [2.75, 3.05) is 16.3 Å². The van der Waals surface area contributed by atoms with E-state index in [1.54, 1.807) is 4.90 Å². The number of hydrogen-bond acceptors (Lipinski definition) is 6. The third-order valence-corrected chi connectivity index (χ3v) is 7.23. The molecule has 7 nitrogen and oxygen atoms in total. The summed E-state index contributed by atoms with van der Waals surface area (Å²) in [5, 5.41) is 11.7. The molecule has 1 aromatic carbocycles. The smallest absolute Gasteiger partial charge is 0.352 e. The van der Waals surface area contributed by atoms with E-state index in [0.29, 0.717) is 37.8 Å². The lowest BCUT2D eigenvalue weighted by Gasteiger charge is -2.44. The van der Waals surface area contributed by atoms with Gasteiger partial charge in [0.15, 0.2) is 11.2 Å². The maximum Gasteiger partial charge on any atom is 0.419 e. The van der Waals surface area contributed by atoms with E-state index in [2.05, 4.69) is 22.9 Å². The van der Waals surface area contributed by atoms with Crippen LogP contribution in [0.3, 0.4) is 0 Å². The molecular formula is C25H25F4N5O2S. The Morgan fingerprint density at radius 1 is 1.30 bits per heavy atom. The highest BCUT2D eigenvalue weighted by atomic mass is 32.1. The number of alkyl halides is 3. The molecule has 1 N–H and O–H groups in total. The van der Waals surface area contributed by atoms with Gasteiger partial charge in [-0.3, -0.25) is 14.5 Å².